The molecule has 3 rings (SSSR count). The van der Waals surface area contributed by atoms with E-state index in [1.807, 2.05) is 18.2 Å². The zero-order valence-electron chi connectivity index (χ0n) is 13.6. The molecule has 0 bridgehead atoms. The van der Waals surface area contributed by atoms with Gasteiger partial charge in [0.2, 0.25) is 0 Å². The topological polar surface area (TPSA) is 71.5 Å². The number of hydrogen-bond donors (Lipinski definition) is 2. The van der Waals surface area contributed by atoms with Crippen molar-refractivity contribution in [1.29, 1.82) is 0 Å². The minimum absolute atomic E-state index is 0.0179. The number of aromatic nitrogens is 1. The second-order valence-electron chi connectivity index (χ2n) is 6.28. The van der Waals surface area contributed by atoms with Crippen molar-refractivity contribution in [2.45, 2.75) is 37.8 Å². The molecule has 1 aromatic carbocycles. The van der Waals surface area contributed by atoms with Gasteiger partial charge in [-0.15, -0.1) is 0 Å². The van der Waals surface area contributed by atoms with Crippen molar-refractivity contribution in [1.82, 2.24) is 10.3 Å². The molecular weight excluding hydrogens is 304 g/mol. The molecule has 5 heteroatoms. The Kier molecular flexibility index (Phi) is 5.11. The van der Waals surface area contributed by atoms with Gasteiger partial charge in [-0.1, -0.05) is 25.0 Å². The number of hydrogen-bond acceptors (Lipinski definition) is 4. The molecule has 2 N–H and O–H groups in total. The van der Waals surface area contributed by atoms with E-state index < -0.39 is 5.54 Å². The summed E-state index contributed by atoms with van der Waals surface area (Å²) in [6.07, 6.45) is 7.19. The molecule has 24 heavy (non-hydrogen) atoms. The standard InChI is InChI=1S/C19H22N2O3/c22-14-19(8-1-2-9-19)21-18(23)16-6-3-7-17(11-16)24-13-15-5-4-10-20-12-15/h3-7,10-12,22H,1-2,8-9,13-14H2,(H,21,23). The number of nitrogens with one attached hydrogen (secondary N) is 1. The van der Waals surface area contributed by atoms with Crippen LogP contribution >= 0.6 is 0 Å². The van der Waals surface area contributed by atoms with Crippen LogP contribution in [0.4, 0.5) is 0 Å². The summed E-state index contributed by atoms with van der Waals surface area (Å²) in [6, 6.07) is 10.9. The molecule has 0 spiro atoms. The Balaban J connectivity index is 1.65. The molecule has 1 aromatic heterocycles. The minimum atomic E-state index is -0.469. The Morgan fingerprint density at radius 3 is 2.79 bits per heavy atom. The maximum atomic E-state index is 12.5. The zero-order valence-corrected chi connectivity index (χ0v) is 13.6. The molecular formula is C19H22N2O3. The summed E-state index contributed by atoms with van der Waals surface area (Å²) in [5, 5.41) is 12.6. The second kappa shape index (κ2) is 7.45. The van der Waals surface area contributed by atoms with Crippen LogP contribution in [0.1, 0.15) is 41.6 Å². The summed E-state index contributed by atoms with van der Waals surface area (Å²) < 4.78 is 5.73. The lowest BCUT2D eigenvalue weighted by molar-refractivity contribution is 0.0838. The van der Waals surface area contributed by atoms with Crippen LogP contribution in [0.3, 0.4) is 0 Å². The fourth-order valence-electron chi connectivity index (χ4n) is 3.06. The second-order valence-corrected chi connectivity index (χ2v) is 6.28. The number of aliphatic hydroxyl groups is 1. The smallest absolute Gasteiger partial charge is 0.251 e. The van der Waals surface area contributed by atoms with Crippen LogP contribution < -0.4 is 10.1 Å². The van der Waals surface area contributed by atoms with Crippen LogP contribution in [0.15, 0.2) is 48.8 Å². The van der Waals surface area contributed by atoms with Gasteiger partial charge in [-0.25, -0.2) is 0 Å². The van der Waals surface area contributed by atoms with Crippen LogP contribution in [0, 0.1) is 0 Å². The predicted octanol–water partition coefficient (Wildman–Crippen LogP) is 2.70. The molecule has 1 saturated carbocycles. The molecule has 0 radical (unpaired) electrons. The maximum Gasteiger partial charge on any atom is 0.251 e. The van der Waals surface area contributed by atoms with E-state index in [0.717, 1.165) is 31.2 Å². The summed E-state index contributed by atoms with van der Waals surface area (Å²) in [6.45, 7) is 0.384. The number of pyridine rings is 1. The summed E-state index contributed by atoms with van der Waals surface area (Å²) in [7, 11) is 0. The van der Waals surface area contributed by atoms with Crippen LogP contribution in [-0.4, -0.2) is 28.1 Å². The van der Waals surface area contributed by atoms with E-state index in [1.54, 1.807) is 30.6 Å². The Morgan fingerprint density at radius 1 is 1.25 bits per heavy atom. The molecule has 1 amide bonds. The van der Waals surface area contributed by atoms with Crippen molar-refractivity contribution in [3.63, 3.8) is 0 Å². The van der Waals surface area contributed by atoms with Gasteiger partial charge in [-0.2, -0.15) is 0 Å². The molecule has 1 aliphatic carbocycles. The first-order chi connectivity index (χ1) is 11.7. The van der Waals surface area contributed by atoms with E-state index >= 15 is 0 Å². The first-order valence-electron chi connectivity index (χ1n) is 8.26. The SMILES string of the molecule is O=C(NC1(CO)CCCC1)c1cccc(OCc2cccnc2)c1. The van der Waals surface area contributed by atoms with Crippen LogP contribution in [-0.2, 0) is 6.61 Å². The average molecular weight is 326 g/mol. The highest BCUT2D eigenvalue weighted by molar-refractivity contribution is 5.95. The van der Waals surface area contributed by atoms with Gasteiger partial charge in [-0.3, -0.25) is 9.78 Å². The molecule has 0 atom stereocenters. The fourth-order valence-corrected chi connectivity index (χ4v) is 3.06. The number of carbonyl (C=O) groups excluding carboxylic acids is 1. The van der Waals surface area contributed by atoms with Gasteiger partial charge in [0.25, 0.3) is 5.91 Å². The number of nitrogens with zero attached hydrogens (tertiary/aromatic N) is 1. The van der Waals surface area contributed by atoms with Gasteiger partial charge in [0.05, 0.1) is 12.1 Å². The number of ether oxygens (including phenoxy) is 1. The number of aliphatic hydroxyl groups excluding tert-OH is 1. The van der Waals surface area contributed by atoms with Gasteiger partial charge < -0.3 is 15.2 Å². The van der Waals surface area contributed by atoms with Crippen LogP contribution in [0.2, 0.25) is 0 Å². The summed E-state index contributed by atoms with van der Waals surface area (Å²) in [5.41, 5.74) is 1.04. The zero-order chi connectivity index (χ0) is 16.8. The summed E-state index contributed by atoms with van der Waals surface area (Å²) in [4.78, 5) is 16.6. The molecule has 1 aliphatic rings. The van der Waals surface area contributed by atoms with Crippen molar-refractivity contribution in [3.8, 4) is 5.75 Å². The number of carbonyl (C=O) groups is 1. The summed E-state index contributed by atoms with van der Waals surface area (Å²) in [5.74, 6) is 0.466. The van der Waals surface area contributed by atoms with E-state index in [9.17, 15) is 9.90 Å². The van der Waals surface area contributed by atoms with E-state index in [4.69, 9.17) is 4.74 Å². The van der Waals surface area contributed by atoms with Gasteiger partial charge in [-0.05, 0) is 37.1 Å². The highest BCUT2D eigenvalue weighted by Crippen LogP contribution is 2.29. The van der Waals surface area contributed by atoms with Crippen molar-refractivity contribution in [3.05, 3.63) is 59.9 Å². The third-order valence-corrected chi connectivity index (χ3v) is 4.47. The third kappa shape index (κ3) is 3.92. The first-order valence-corrected chi connectivity index (χ1v) is 8.26. The Labute approximate surface area is 141 Å². The van der Waals surface area contributed by atoms with Crippen molar-refractivity contribution in [2.75, 3.05) is 6.61 Å². The number of amides is 1. The normalized spacial score (nSPS) is 15.9. The Hall–Kier alpha value is -2.40. The molecule has 126 valence electrons. The average Bonchev–Trinajstić information content (AvgIpc) is 3.10. The maximum absolute atomic E-state index is 12.5. The molecule has 5 nitrogen and oxygen atoms in total. The lowest BCUT2D eigenvalue weighted by atomic mass is 9.98. The lowest BCUT2D eigenvalue weighted by Gasteiger charge is -2.28. The highest BCUT2D eigenvalue weighted by atomic mass is 16.5. The Bertz CT molecular complexity index is 682. The minimum Gasteiger partial charge on any atom is -0.489 e. The van der Waals surface area contributed by atoms with Crippen LogP contribution in [0.25, 0.3) is 0 Å². The van der Waals surface area contributed by atoms with E-state index in [2.05, 4.69) is 10.3 Å². The molecule has 2 aromatic rings. The lowest BCUT2D eigenvalue weighted by Crippen LogP contribution is -2.49. The molecule has 0 saturated heterocycles. The van der Waals surface area contributed by atoms with Crippen LogP contribution in [0.5, 0.6) is 5.75 Å². The largest absolute Gasteiger partial charge is 0.489 e. The van der Waals surface area contributed by atoms with Crippen molar-refractivity contribution >= 4 is 5.91 Å². The predicted molar refractivity (Wildman–Crippen MR) is 90.8 cm³/mol. The summed E-state index contributed by atoms with van der Waals surface area (Å²) >= 11 is 0. The number of benzene rings is 1. The highest BCUT2D eigenvalue weighted by Gasteiger charge is 2.34. The molecule has 1 fully saturated rings. The fraction of sp³-hybridized carbons (Fsp3) is 0.368. The van der Waals surface area contributed by atoms with Gasteiger partial charge in [0.15, 0.2) is 0 Å². The van der Waals surface area contributed by atoms with Gasteiger partial charge >= 0.3 is 0 Å². The third-order valence-electron chi connectivity index (χ3n) is 4.47. The quantitative estimate of drug-likeness (QED) is 0.856. The molecule has 1 heterocycles. The van der Waals surface area contributed by atoms with E-state index in [0.29, 0.717) is 17.9 Å². The Morgan fingerprint density at radius 2 is 2.08 bits per heavy atom. The van der Waals surface area contributed by atoms with Crippen molar-refractivity contribution < 1.29 is 14.6 Å². The molecule has 0 unspecified atom stereocenters. The van der Waals surface area contributed by atoms with E-state index in [1.165, 1.54) is 0 Å². The van der Waals surface area contributed by atoms with Crippen molar-refractivity contribution in [2.24, 2.45) is 0 Å². The van der Waals surface area contributed by atoms with Gasteiger partial charge in [0.1, 0.15) is 12.4 Å². The monoisotopic (exact) mass is 326 g/mol. The number of rotatable bonds is 6. The first kappa shape index (κ1) is 16.5. The molecule has 0 aliphatic heterocycles. The van der Waals surface area contributed by atoms with E-state index in [-0.39, 0.29) is 12.5 Å². The van der Waals surface area contributed by atoms with Gasteiger partial charge in [0, 0.05) is 23.5 Å².